The van der Waals surface area contributed by atoms with Crippen LogP contribution in [0, 0.1) is 0 Å². The van der Waals surface area contributed by atoms with Gasteiger partial charge in [0.2, 0.25) is 0 Å². The molecule has 1 N–H and O–H groups in total. The molecule has 0 aromatic heterocycles. The molecule has 0 aromatic rings. The first kappa shape index (κ1) is 8.18. The van der Waals surface area contributed by atoms with Gasteiger partial charge < -0.3 is 5.32 Å². The van der Waals surface area contributed by atoms with Gasteiger partial charge in [0.15, 0.2) is 0 Å². The monoisotopic (exact) mass is 123 g/mol. The first-order valence-electron chi connectivity index (χ1n) is 3.01. The van der Waals surface area contributed by atoms with E-state index in [1.165, 1.54) is 0 Å². The number of hydrogen-bond acceptors (Lipinski definition) is 1. The second kappa shape index (κ2) is 7.18. The lowest BCUT2D eigenvalue weighted by Crippen LogP contribution is -2.12. The van der Waals surface area contributed by atoms with Gasteiger partial charge in [0.25, 0.3) is 0 Å². The molecule has 50 valence electrons. The minimum absolute atomic E-state index is 0.863. The lowest BCUT2D eigenvalue weighted by molar-refractivity contribution is 0.844. The first-order chi connectivity index (χ1) is 4.41. The van der Waals surface area contributed by atoms with E-state index in [0.29, 0.717) is 0 Å². The summed E-state index contributed by atoms with van der Waals surface area (Å²) in [6, 6.07) is 0. The van der Waals surface area contributed by atoms with Gasteiger partial charge in [0, 0.05) is 13.1 Å². The zero-order chi connectivity index (χ0) is 6.95. The Bertz CT molecular complexity index is 103. The molecule has 0 aliphatic rings. The van der Waals surface area contributed by atoms with E-state index in [1.807, 2.05) is 18.2 Å². The predicted octanol–water partition coefficient (Wildman–Crippen LogP) is 1.50. The Morgan fingerprint density at radius 3 is 2.56 bits per heavy atom. The van der Waals surface area contributed by atoms with Gasteiger partial charge in [0.1, 0.15) is 0 Å². The minimum atomic E-state index is 0.863. The molecule has 0 aliphatic heterocycles. The molecular formula is C8H13N. The summed E-state index contributed by atoms with van der Waals surface area (Å²) in [7, 11) is 0. The maximum absolute atomic E-state index is 3.57. The van der Waals surface area contributed by atoms with Crippen LogP contribution < -0.4 is 5.32 Å². The summed E-state index contributed by atoms with van der Waals surface area (Å²) >= 11 is 0. The van der Waals surface area contributed by atoms with Gasteiger partial charge in [-0.15, -0.1) is 6.58 Å². The fourth-order valence-electron chi connectivity index (χ4n) is 0.433. The molecular weight excluding hydrogens is 110 g/mol. The Labute approximate surface area is 56.8 Å². The smallest absolute Gasteiger partial charge is 0.0140 e. The summed E-state index contributed by atoms with van der Waals surface area (Å²) in [4.78, 5) is 0. The van der Waals surface area contributed by atoms with Crippen LogP contribution in [0.25, 0.3) is 0 Å². The molecule has 0 aliphatic carbocycles. The molecule has 0 bridgehead atoms. The van der Waals surface area contributed by atoms with Crippen LogP contribution in [0.1, 0.15) is 0 Å². The van der Waals surface area contributed by atoms with Crippen LogP contribution in [0.15, 0.2) is 37.5 Å². The van der Waals surface area contributed by atoms with Gasteiger partial charge in [-0.1, -0.05) is 30.9 Å². The van der Waals surface area contributed by atoms with Crippen molar-refractivity contribution in [2.24, 2.45) is 0 Å². The Morgan fingerprint density at radius 1 is 1.22 bits per heavy atom. The van der Waals surface area contributed by atoms with Crippen molar-refractivity contribution in [1.29, 1.82) is 0 Å². The van der Waals surface area contributed by atoms with E-state index in [1.54, 1.807) is 6.08 Å². The number of rotatable bonds is 5. The van der Waals surface area contributed by atoms with Crippen LogP contribution in [-0.2, 0) is 0 Å². The van der Waals surface area contributed by atoms with Crippen molar-refractivity contribution in [3.05, 3.63) is 37.5 Å². The summed E-state index contributed by atoms with van der Waals surface area (Å²) in [6.07, 6.45) is 7.52. The first-order valence-corrected chi connectivity index (χ1v) is 3.01. The van der Waals surface area contributed by atoms with Crippen LogP contribution in [0.3, 0.4) is 0 Å². The van der Waals surface area contributed by atoms with Crippen LogP contribution in [0.5, 0.6) is 0 Å². The second-order valence-corrected chi connectivity index (χ2v) is 1.61. The molecule has 1 heteroatoms. The summed E-state index contributed by atoms with van der Waals surface area (Å²) in [5, 5.41) is 3.12. The van der Waals surface area contributed by atoms with Crippen LogP contribution in [-0.4, -0.2) is 13.1 Å². The Kier molecular flexibility index (Phi) is 6.53. The van der Waals surface area contributed by atoms with Crippen molar-refractivity contribution < 1.29 is 0 Å². The number of nitrogens with one attached hydrogen (secondary N) is 1. The van der Waals surface area contributed by atoms with Crippen molar-refractivity contribution in [1.82, 2.24) is 5.32 Å². The average Bonchev–Trinajstić information content (AvgIpc) is 1.89. The maximum atomic E-state index is 3.57. The van der Waals surface area contributed by atoms with Crippen molar-refractivity contribution in [2.45, 2.75) is 0 Å². The Balaban J connectivity index is 2.98. The predicted molar refractivity (Wildman–Crippen MR) is 42.4 cm³/mol. The van der Waals surface area contributed by atoms with Crippen molar-refractivity contribution in [3.63, 3.8) is 0 Å². The third-order valence-electron chi connectivity index (χ3n) is 0.823. The van der Waals surface area contributed by atoms with Gasteiger partial charge in [-0.25, -0.2) is 0 Å². The van der Waals surface area contributed by atoms with E-state index >= 15 is 0 Å². The van der Waals surface area contributed by atoms with Gasteiger partial charge in [0.05, 0.1) is 0 Å². The van der Waals surface area contributed by atoms with Crippen molar-refractivity contribution >= 4 is 0 Å². The van der Waals surface area contributed by atoms with Gasteiger partial charge in [-0.3, -0.25) is 0 Å². The lowest BCUT2D eigenvalue weighted by atomic mass is 10.5. The molecule has 0 heterocycles. The molecule has 9 heavy (non-hydrogen) atoms. The molecule has 0 saturated heterocycles. The molecule has 0 fully saturated rings. The summed E-state index contributed by atoms with van der Waals surface area (Å²) in [5.41, 5.74) is 0. The van der Waals surface area contributed by atoms with Crippen LogP contribution in [0.2, 0.25) is 0 Å². The molecule has 0 unspecified atom stereocenters. The highest BCUT2D eigenvalue weighted by atomic mass is 14.8. The maximum Gasteiger partial charge on any atom is 0.0140 e. The fraction of sp³-hybridized carbons (Fsp3) is 0.250. The van der Waals surface area contributed by atoms with Crippen molar-refractivity contribution in [3.8, 4) is 0 Å². The Morgan fingerprint density at radius 2 is 2.00 bits per heavy atom. The SMILES string of the molecule is C=CC=CCNCC=C. The van der Waals surface area contributed by atoms with E-state index in [0.717, 1.165) is 13.1 Å². The number of allylic oxidation sites excluding steroid dienone is 2. The third kappa shape index (κ3) is 7.18. The summed E-state index contributed by atoms with van der Waals surface area (Å²) in [5.74, 6) is 0. The van der Waals surface area contributed by atoms with Crippen LogP contribution in [0.4, 0.5) is 0 Å². The molecule has 1 nitrogen and oxygen atoms in total. The zero-order valence-electron chi connectivity index (χ0n) is 5.64. The topological polar surface area (TPSA) is 12.0 Å². The highest BCUT2D eigenvalue weighted by Gasteiger charge is 1.72. The zero-order valence-corrected chi connectivity index (χ0v) is 5.64. The van der Waals surface area contributed by atoms with E-state index in [9.17, 15) is 0 Å². The third-order valence-corrected chi connectivity index (χ3v) is 0.823. The number of hydrogen-bond donors (Lipinski definition) is 1. The van der Waals surface area contributed by atoms with Crippen molar-refractivity contribution in [2.75, 3.05) is 13.1 Å². The molecule has 0 atom stereocenters. The summed E-state index contributed by atoms with van der Waals surface area (Å²) in [6.45, 7) is 8.86. The van der Waals surface area contributed by atoms with E-state index in [2.05, 4.69) is 18.5 Å². The molecule has 0 rings (SSSR count). The fourth-order valence-corrected chi connectivity index (χ4v) is 0.433. The molecule has 0 amide bonds. The Hall–Kier alpha value is -0.820. The largest absolute Gasteiger partial charge is 0.310 e. The molecule has 0 aromatic carbocycles. The van der Waals surface area contributed by atoms with Gasteiger partial charge in [-0.05, 0) is 0 Å². The lowest BCUT2D eigenvalue weighted by Gasteiger charge is -1.91. The minimum Gasteiger partial charge on any atom is -0.310 e. The van der Waals surface area contributed by atoms with E-state index in [4.69, 9.17) is 0 Å². The quantitative estimate of drug-likeness (QED) is 0.332. The highest BCUT2D eigenvalue weighted by Crippen LogP contribution is 1.69. The molecule has 0 radical (unpaired) electrons. The van der Waals surface area contributed by atoms with E-state index in [-0.39, 0.29) is 0 Å². The standard InChI is InChI=1S/C8H13N/c1-3-5-6-8-9-7-4-2/h3-6,9H,1-2,7-8H2. The normalized spacial score (nSPS) is 9.78. The second-order valence-electron chi connectivity index (χ2n) is 1.61. The van der Waals surface area contributed by atoms with Gasteiger partial charge in [-0.2, -0.15) is 0 Å². The molecule has 0 saturated carbocycles. The highest BCUT2D eigenvalue weighted by molar-refractivity contribution is 4.98. The summed E-state index contributed by atoms with van der Waals surface area (Å²) < 4.78 is 0. The van der Waals surface area contributed by atoms with Crippen LogP contribution >= 0.6 is 0 Å². The average molecular weight is 123 g/mol. The van der Waals surface area contributed by atoms with E-state index < -0.39 is 0 Å². The van der Waals surface area contributed by atoms with Gasteiger partial charge >= 0.3 is 0 Å². The molecule has 0 spiro atoms.